The molecule has 0 bridgehead atoms. The lowest BCUT2D eigenvalue weighted by molar-refractivity contribution is -0.138. The molecule has 5 rings (SSSR count). The third-order valence-electron chi connectivity index (χ3n) is 11.5. The molecule has 2 fully saturated rings. The lowest BCUT2D eigenvalue weighted by Gasteiger charge is -2.44. The number of carbonyl (C=O) groups is 4. The van der Waals surface area contributed by atoms with E-state index < -0.39 is 34.8 Å². The summed E-state index contributed by atoms with van der Waals surface area (Å²) in [4.78, 5) is 58.2. The van der Waals surface area contributed by atoms with Gasteiger partial charge in [-0.15, -0.1) is 0 Å². The topological polar surface area (TPSA) is 150 Å². The van der Waals surface area contributed by atoms with Gasteiger partial charge in [-0.05, 0) is 107 Å². The summed E-state index contributed by atoms with van der Waals surface area (Å²) in [5.41, 5.74) is 1.94. The second-order valence-corrected chi connectivity index (χ2v) is 17.0. The highest BCUT2D eigenvalue weighted by Gasteiger charge is 2.40. The number of thiocarbonyl (C=S) groups is 1. The predicted octanol–water partition coefficient (Wildman–Crippen LogP) is 6.84. The molecule has 0 radical (unpaired) electrons. The molecule has 2 aliphatic heterocycles. The Kier molecular flexibility index (Phi) is 15.0. The third kappa shape index (κ3) is 11.1. The van der Waals surface area contributed by atoms with Gasteiger partial charge in [-0.3, -0.25) is 34.3 Å². The molecule has 0 aliphatic carbocycles. The maximum atomic E-state index is 14.0. The minimum Gasteiger partial charge on any atom is -0.492 e. The highest BCUT2D eigenvalue weighted by Crippen LogP contribution is 2.38. The first-order chi connectivity index (χ1) is 29.1. The fourth-order valence-corrected chi connectivity index (χ4v) is 8.42. The standard InChI is InChI=1S/C45H55F3N8O5S/c1-27(2)35-21-38(56(26-62)44(6,7)43(60)53(8)34-13-12-31(22-49)36(20-34)45(46,47)48)28(3)18-39(35)61-17-16-54-23-29(4)55(30(5)24-54)25-41(58)51-33-11-9-10-32(19-33)50-37-14-15-40(57)52-42(37)59/h9-13,18-21,26-27,29-30,37,50H,14-17,23-25H2,1-8H3,(H,51,58)(H,52,57,59)/t29-,30+,37?. The monoisotopic (exact) mass is 876 g/mol. The van der Waals surface area contributed by atoms with Crippen molar-refractivity contribution in [3.8, 4) is 11.8 Å². The van der Waals surface area contributed by atoms with Gasteiger partial charge in [-0.2, -0.15) is 18.4 Å². The first-order valence-corrected chi connectivity index (χ1v) is 21.0. The molecule has 2 saturated heterocycles. The number of carbonyl (C=O) groups excluding carboxylic acids is 4. The van der Waals surface area contributed by atoms with Crippen molar-refractivity contribution in [2.24, 2.45) is 0 Å². The molecule has 0 spiro atoms. The second kappa shape index (κ2) is 19.6. The van der Waals surface area contributed by atoms with Crippen LogP contribution in [0.5, 0.6) is 5.75 Å². The van der Waals surface area contributed by atoms with Gasteiger partial charge in [0.15, 0.2) is 0 Å². The Hall–Kier alpha value is -5.57. The number of nitrogens with one attached hydrogen (secondary N) is 3. The van der Waals surface area contributed by atoms with Crippen LogP contribution < -0.4 is 30.5 Å². The number of likely N-dealkylation sites (N-methyl/N-ethyl adjacent to an activating group) is 1. The number of alkyl halides is 3. The van der Waals surface area contributed by atoms with E-state index in [1.165, 1.54) is 18.6 Å². The molecule has 17 heteroatoms. The summed E-state index contributed by atoms with van der Waals surface area (Å²) < 4.78 is 47.7. The lowest BCUT2D eigenvalue weighted by atomic mass is 9.95. The van der Waals surface area contributed by atoms with Gasteiger partial charge < -0.3 is 25.2 Å². The van der Waals surface area contributed by atoms with Crippen LogP contribution in [-0.2, 0) is 25.4 Å². The number of piperidine rings is 1. The Balaban J connectivity index is 1.19. The molecule has 3 aromatic rings. The molecule has 62 heavy (non-hydrogen) atoms. The van der Waals surface area contributed by atoms with Crippen molar-refractivity contribution >= 4 is 64.1 Å². The van der Waals surface area contributed by atoms with E-state index in [0.717, 1.165) is 41.2 Å². The molecule has 2 aliphatic rings. The fraction of sp³-hybridized carbons (Fsp3) is 0.467. The van der Waals surface area contributed by atoms with E-state index in [1.54, 1.807) is 49.1 Å². The van der Waals surface area contributed by atoms with Gasteiger partial charge in [0.1, 0.15) is 23.9 Å². The average molecular weight is 877 g/mol. The highest BCUT2D eigenvalue weighted by molar-refractivity contribution is 7.79. The molecule has 3 aromatic carbocycles. The Bertz CT molecular complexity index is 2220. The van der Waals surface area contributed by atoms with Crippen molar-refractivity contribution in [2.75, 3.05) is 60.3 Å². The number of hydrogen-bond acceptors (Lipinski definition) is 10. The summed E-state index contributed by atoms with van der Waals surface area (Å²) in [6, 6.07) is 15.4. The Morgan fingerprint density at radius 2 is 1.74 bits per heavy atom. The molecule has 3 N–H and O–H groups in total. The Morgan fingerprint density at radius 3 is 2.35 bits per heavy atom. The average Bonchev–Trinajstić information content (AvgIpc) is 3.20. The molecular formula is C45H55F3N8O5S. The normalized spacial score (nSPS) is 18.7. The Morgan fingerprint density at radius 1 is 1.06 bits per heavy atom. The van der Waals surface area contributed by atoms with Gasteiger partial charge in [0.25, 0.3) is 5.91 Å². The van der Waals surface area contributed by atoms with Crippen molar-refractivity contribution in [3.63, 3.8) is 0 Å². The lowest BCUT2D eigenvalue weighted by Crippen LogP contribution is -2.58. The van der Waals surface area contributed by atoms with Crippen molar-refractivity contribution in [1.29, 1.82) is 5.26 Å². The van der Waals surface area contributed by atoms with Gasteiger partial charge >= 0.3 is 6.18 Å². The van der Waals surface area contributed by atoms with Crippen LogP contribution in [0.3, 0.4) is 0 Å². The van der Waals surface area contributed by atoms with Crippen LogP contribution >= 0.6 is 12.2 Å². The van der Waals surface area contributed by atoms with Crippen LogP contribution in [0.1, 0.15) is 82.6 Å². The van der Waals surface area contributed by atoms with Crippen LogP contribution in [0.15, 0.2) is 54.6 Å². The number of halogens is 3. The number of nitriles is 1. The number of imide groups is 1. The summed E-state index contributed by atoms with van der Waals surface area (Å²) in [6.45, 7) is 16.1. The van der Waals surface area contributed by atoms with E-state index in [-0.39, 0.29) is 54.4 Å². The minimum absolute atomic E-state index is 0.0150. The molecule has 1 unspecified atom stereocenters. The van der Waals surface area contributed by atoms with Crippen LogP contribution in [0, 0.1) is 18.3 Å². The van der Waals surface area contributed by atoms with Crippen molar-refractivity contribution in [3.05, 3.63) is 76.9 Å². The maximum Gasteiger partial charge on any atom is 0.417 e. The fourth-order valence-electron chi connectivity index (χ4n) is 8.05. The van der Waals surface area contributed by atoms with Crippen LogP contribution in [-0.4, -0.2) is 102 Å². The van der Waals surface area contributed by atoms with E-state index in [1.807, 2.05) is 32.9 Å². The van der Waals surface area contributed by atoms with E-state index in [2.05, 4.69) is 39.6 Å². The summed E-state index contributed by atoms with van der Waals surface area (Å²) in [7, 11) is 1.39. The van der Waals surface area contributed by atoms with Crippen molar-refractivity contribution in [1.82, 2.24) is 15.1 Å². The van der Waals surface area contributed by atoms with E-state index >= 15 is 0 Å². The first kappa shape index (κ1) is 47.5. The number of anilines is 4. The minimum atomic E-state index is -4.78. The van der Waals surface area contributed by atoms with Gasteiger partial charge in [0.2, 0.25) is 17.7 Å². The molecular weight excluding hydrogens is 822 g/mol. The highest BCUT2D eigenvalue weighted by atomic mass is 32.1. The molecule has 0 saturated carbocycles. The third-order valence-corrected chi connectivity index (χ3v) is 11.7. The van der Waals surface area contributed by atoms with Crippen molar-refractivity contribution < 1.29 is 37.1 Å². The zero-order chi connectivity index (χ0) is 45.7. The van der Waals surface area contributed by atoms with E-state index in [4.69, 9.17) is 17.0 Å². The Labute approximate surface area is 366 Å². The van der Waals surface area contributed by atoms with Gasteiger partial charge in [0.05, 0.1) is 29.2 Å². The maximum absolute atomic E-state index is 14.0. The van der Waals surface area contributed by atoms with Crippen LogP contribution in [0.4, 0.5) is 35.9 Å². The number of ether oxygens (including phenoxy) is 1. The van der Waals surface area contributed by atoms with Crippen LogP contribution in [0.25, 0.3) is 0 Å². The molecule has 4 amide bonds. The summed E-state index contributed by atoms with van der Waals surface area (Å²) >= 11 is 5.45. The quantitative estimate of drug-likeness (QED) is 0.109. The predicted molar refractivity (Wildman–Crippen MR) is 237 cm³/mol. The number of hydrogen-bond donors (Lipinski definition) is 3. The molecule has 13 nitrogen and oxygen atoms in total. The van der Waals surface area contributed by atoms with E-state index in [0.29, 0.717) is 42.4 Å². The number of aryl methyl sites for hydroxylation is 1. The molecule has 332 valence electrons. The first-order valence-electron chi connectivity index (χ1n) is 20.5. The van der Waals surface area contributed by atoms with Crippen molar-refractivity contribution in [2.45, 2.75) is 97.1 Å². The largest absolute Gasteiger partial charge is 0.492 e. The SMILES string of the molecule is Cc1cc(OCCN2C[C@@H](C)N(CC(=O)Nc3cccc(NC4CCC(=O)NC4=O)c3)[C@@H](C)C2)c(C(C)C)cc1N(C=S)C(C)(C)C(=O)N(C)c1ccc(C#N)c(C(F)(F)F)c1. The van der Waals surface area contributed by atoms with Gasteiger partial charge in [0, 0.05) is 67.9 Å². The van der Waals surface area contributed by atoms with Crippen LogP contribution in [0.2, 0.25) is 0 Å². The smallest absolute Gasteiger partial charge is 0.417 e. The molecule has 0 aromatic heterocycles. The van der Waals surface area contributed by atoms with Gasteiger partial charge in [-0.25, -0.2) is 0 Å². The summed E-state index contributed by atoms with van der Waals surface area (Å²) in [6.07, 6.45) is -4.12. The number of rotatable bonds is 15. The molecule has 2 heterocycles. The number of amides is 4. The second-order valence-electron chi connectivity index (χ2n) is 16.8. The zero-order valence-corrected chi connectivity index (χ0v) is 37.2. The molecule has 3 atom stereocenters. The summed E-state index contributed by atoms with van der Waals surface area (Å²) in [5, 5.41) is 17.7. The zero-order valence-electron chi connectivity index (χ0n) is 36.4. The number of benzene rings is 3. The summed E-state index contributed by atoms with van der Waals surface area (Å²) in [5.74, 6) is -0.610. The van der Waals surface area contributed by atoms with E-state index in [9.17, 15) is 37.6 Å². The number of nitrogens with zero attached hydrogens (tertiary/aromatic N) is 5. The number of piperazine rings is 1. The van der Waals surface area contributed by atoms with Gasteiger partial charge in [-0.1, -0.05) is 32.1 Å².